The van der Waals surface area contributed by atoms with E-state index in [4.69, 9.17) is 0 Å². The summed E-state index contributed by atoms with van der Waals surface area (Å²) in [6.07, 6.45) is 3.95. The van der Waals surface area contributed by atoms with Crippen molar-refractivity contribution in [2.24, 2.45) is 5.10 Å². The lowest BCUT2D eigenvalue weighted by molar-refractivity contribution is 0.438. The lowest BCUT2D eigenvalue weighted by atomic mass is 10.4. The van der Waals surface area contributed by atoms with Crippen LogP contribution in [0, 0.1) is 0 Å². The molecule has 0 heterocycles. The molecule has 0 spiro atoms. The van der Waals surface area contributed by atoms with Gasteiger partial charge in [-0.2, -0.15) is 5.10 Å². The molecule has 0 saturated heterocycles. The third-order valence-electron chi connectivity index (χ3n) is 0.766. The molecule has 0 aliphatic carbocycles. The molecule has 0 aliphatic heterocycles. The zero-order valence-electron chi connectivity index (χ0n) is 6.55. The Morgan fingerprint density at radius 3 is 2.33 bits per heavy atom. The highest BCUT2D eigenvalue weighted by Crippen LogP contribution is 1.82. The van der Waals surface area contributed by atoms with E-state index in [-0.39, 0.29) is 0 Å². The molecule has 2 nitrogen and oxygen atoms in total. The summed E-state index contributed by atoms with van der Waals surface area (Å²) in [7, 11) is 3.82. The van der Waals surface area contributed by atoms with Crippen molar-refractivity contribution in [3.05, 3.63) is 12.2 Å². The van der Waals surface area contributed by atoms with Gasteiger partial charge in [0.15, 0.2) is 0 Å². The fourth-order valence-electron chi connectivity index (χ4n) is 0.590. The maximum Gasteiger partial charge on any atom is 0.0571 e. The molecule has 0 saturated carbocycles. The Hall–Kier alpha value is -0.790. The number of hydrogen-bond acceptors (Lipinski definition) is 2. The molecule has 0 atom stereocenters. The van der Waals surface area contributed by atoms with Gasteiger partial charge in [-0.25, -0.2) is 0 Å². The first kappa shape index (κ1) is 8.21. The Kier molecular flexibility index (Phi) is 3.76. The highest BCUT2D eigenvalue weighted by atomic mass is 15.4. The molecule has 0 fully saturated rings. The quantitative estimate of drug-likeness (QED) is 0.404. The average Bonchev–Trinajstić information content (AvgIpc) is 1.63. The highest BCUT2D eigenvalue weighted by molar-refractivity contribution is 5.92. The van der Waals surface area contributed by atoms with Crippen LogP contribution >= 0.6 is 0 Å². The molecule has 0 aliphatic rings. The fraction of sp³-hybridized carbons (Fsp3) is 0.571. The van der Waals surface area contributed by atoms with Crippen LogP contribution in [-0.4, -0.2) is 24.8 Å². The minimum Gasteiger partial charge on any atom is -0.303 e. The number of allylic oxidation sites excluding steroid dienone is 2. The summed E-state index contributed by atoms with van der Waals surface area (Å²) in [4.78, 5) is 0. The van der Waals surface area contributed by atoms with Gasteiger partial charge in [0, 0.05) is 14.1 Å². The van der Waals surface area contributed by atoms with Crippen molar-refractivity contribution in [1.29, 1.82) is 0 Å². The normalized spacial score (nSPS) is 12.7. The summed E-state index contributed by atoms with van der Waals surface area (Å²) in [5.41, 5.74) is 1.03. The largest absolute Gasteiger partial charge is 0.303 e. The zero-order chi connectivity index (χ0) is 7.28. The second-order valence-corrected chi connectivity index (χ2v) is 2.09. The second kappa shape index (κ2) is 4.13. The van der Waals surface area contributed by atoms with Crippen LogP contribution in [0.1, 0.15) is 13.8 Å². The van der Waals surface area contributed by atoms with E-state index in [0.717, 1.165) is 5.71 Å². The van der Waals surface area contributed by atoms with Crippen molar-refractivity contribution < 1.29 is 0 Å². The van der Waals surface area contributed by atoms with Gasteiger partial charge in [-0.05, 0) is 19.9 Å². The van der Waals surface area contributed by atoms with Gasteiger partial charge < -0.3 is 5.01 Å². The molecule has 9 heavy (non-hydrogen) atoms. The lowest BCUT2D eigenvalue weighted by Crippen LogP contribution is -2.04. The third kappa shape index (κ3) is 5.07. The minimum atomic E-state index is 1.03. The van der Waals surface area contributed by atoms with Crippen LogP contribution in [0.2, 0.25) is 0 Å². The topological polar surface area (TPSA) is 15.6 Å². The first-order valence-corrected chi connectivity index (χ1v) is 3.02. The van der Waals surface area contributed by atoms with Crippen molar-refractivity contribution in [2.45, 2.75) is 13.8 Å². The van der Waals surface area contributed by atoms with Crippen LogP contribution in [0.3, 0.4) is 0 Å². The number of hydrazone groups is 1. The van der Waals surface area contributed by atoms with Gasteiger partial charge in [0.2, 0.25) is 0 Å². The van der Waals surface area contributed by atoms with Gasteiger partial charge in [-0.15, -0.1) is 0 Å². The Labute approximate surface area is 56.9 Å². The molecule has 52 valence electrons. The van der Waals surface area contributed by atoms with E-state index in [1.54, 1.807) is 5.01 Å². The van der Waals surface area contributed by atoms with E-state index in [0.29, 0.717) is 0 Å². The van der Waals surface area contributed by atoms with Crippen LogP contribution in [0.4, 0.5) is 0 Å². The summed E-state index contributed by atoms with van der Waals surface area (Å²) >= 11 is 0. The predicted octanol–water partition coefficient (Wildman–Crippen LogP) is 1.50. The zero-order valence-corrected chi connectivity index (χ0v) is 6.55. The Bertz CT molecular complexity index is 123. The Morgan fingerprint density at radius 2 is 2.00 bits per heavy atom. The highest BCUT2D eigenvalue weighted by Gasteiger charge is 1.81. The molecule has 0 rings (SSSR count). The van der Waals surface area contributed by atoms with E-state index in [1.807, 2.05) is 40.1 Å². The van der Waals surface area contributed by atoms with E-state index < -0.39 is 0 Å². The molecular formula is C7H14N2. The van der Waals surface area contributed by atoms with Crippen molar-refractivity contribution in [3.63, 3.8) is 0 Å². The van der Waals surface area contributed by atoms with Crippen molar-refractivity contribution >= 4 is 5.71 Å². The molecule has 0 bridgehead atoms. The molecule has 0 N–H and O–H groups in total. The summed E-state index contributed by atoms with van der Waals surface area (Å²) in [6, 6.07) is 0. The standard InChI is InChI=1S/C7H14N2/c1-5-6-7(2)8-9(3)4/h5-6H,1-4H3. The predicted molar refractivity (Wildman–Crippen MR) is 41.6 cm³/mol. The van der Waals surface area contributed by atoms with Gasteiger partial charge in [0.05, 0.1) is 5.71 Å². The van der Waals surface area contributed by atoms with E-state index in [1.165, 1.54) is 0 Å². The van der Waals surface area contributed by atoms with Gasteiger partial charge in [-0.1, -0.05) is 6.08 Å². The van der Waals surface area contributed by atoms with Gasteiger partial charge in [0.1, 0.15) is 0 Å². The van der Waals surface area contributed by atoms with Crippen LogP contribution in [0.25, 0.3) is 0 Å². The molecule has 0 aromatic heterocycles. The van der Waals surface area contributed by atoms with Crippen molar-refractivity contribution in [2.75, 3.05) is 14.1 Å². The molecule has 0 radical (unpaired) electrons. The smallest absolute Gasteiger partial charge is 0.0571 e. The van der Waals surface area contributed by atoms with Gasteiger partial charge in [0.25, 0.3) is 0 Å². The SMILES string of the molecule is CC=CC(C)=NN(C)C. The molecule has 0 unspecified atom stereocenters. The van der Waals surface area contributed by atoms with E-state index in [9.17, 15) is 0 Å². The lowest BCUT2D eigenvalue weighted by Gasteiger charge is -2.03. The maximum absolute atomic E-state index is 4.13. The monoisotopic (exact) mass is 126 g/mol. The van der Waals surface area contributed by atoms with E-state index in [2.05, 4.69) is 5.10 Å². The van der Waals surface area contributed by atoms with Crippen molar-refractivity contribution in [3.8, 4) is 0 Å². The van der Waals surface area contributed by atoms with Gasteiger partial charge in [-0.3, -0.25) is 0 Å². The number of nitrogens with zero attached hydrogens (tertiary/aromatic N) is 2. The Morgan fingerprint density at radius 1 is 1.44 bits per heavy atom. The first-order valence-electron chi connectivity index (χ1n) is 3.02. The van der Waals surface area contributed by atoms with Crippen LogP contribution in [0.15, 0.2) is 17.3 Å². The van der Waals surface area contributed by atoms with Gasteiger partial charge >= 0.3 is 0 Å². The first-order chi connectivity index (χ1) is 4.16. The molecule has 0 aromatic rings. The third-order valence-corrected chi connectivity index (χ3v) is 0.766. The summed E-state index contributed by atoms with van der Waals surface area (Å²) in [6.45, 7) is 3.95. The van der Waals surface area contributed by atoms with Crippen LogP contribution < -0.4 is 0 Å². The number of hydrogen-bond donors (Lipinski definition) is 0. The van der Waals surface area contributed by atoms with E-state index >= 15 is 0 Å². The molecule has 2 heteroatoms. The average molecular weight is 126 g/mol. The summed E-state index contributed by atoms with van der Waals surface area (Å²) in [5, 5.41) is 5.92. The second-order valence-electron chi connectivity index (χ2n) is 2.09. The minimum absolute atomic E-state index is 1.03. The molecular weight excluding hydrogens is 112 g/mol. The fourth-order valence-corrected chi connectivity index (χ4v) is 0.590. The molecule has 0 amide bonds. The summed E-state index contributed by atoms with van der Waals surface area (Å²) < 4.78 is 0. The van der Waals surface area contributed by atoms with Crippen LogP contribution in [-0.2, 0) is 0 Å². The van der Waals surface area contributed by atoms with Crippen molar-refractivity contribution in [1.82, 2.24) is 5.01 Å². The van der Waals surface area contributed by atoms with Crippen LogP contribution in [0.5, 0.6) is 0 Å². The maximum atomic E-state index is 4.13. The Balaban J connectivity index is 3.84. The molecule has 0 aromatic carbocycles. The summed E-state index contributed by atoms with van der Waals surface area (Å²) in [5.74, 6) is 0. The number of rotatable bonds is 2.